The number of carbonyl (C=O) groups is 2. The Balaban J connectivity index is 0.00000480. The van der Waals surface area contributed by atoms with E-state index in [2.05, 4.69) is 40.5 Å². The number of guanidine groups is 1. The fourth-order valence-corrected chi connectivity index (χ4v) is 4.06. The summed E-state index contributed by atoms with van der Waals surface area (Å²) in [7, 11) is 3.47. The van der Waals surface area contributed by atoms with Crippen molar-refractivity contribution in [2.24, 2.45) is 16.8 Å². The van der Waals surface area contributed by atoms with Crippen molar-refractivity contribution in [2.75, 3.05) is 73.0 Å². The van der Waals surface area contributed by atoms with E-state index in [1.54, 1.807) is 19.0 Å². The molecule has 2 aliphatic heterocycles. The minimum absolute atomic E-state index is 0. The average molecular weight is 549 g/mol. The molecule has 0 aliphatic carbocycles. The van der Waals surface area contributed by atoms with Gasteiger partial charge in [0.05, 0.1) is 6.54 Å². The van der Waals surface area contributed by atoms with Crippen molar-refractivity contribution >= 4 is 41.8 Å². The average Bonchev–Trinajstić information content (AvgIpc) is 2.67. The number of carbonyl (C=O) groups excluding carboxylic acids is 2. The first-order valence-corrected chi connectivity index (χ1v) is 11.0. The second kappa shape index (κ2) is 13.2. The Bertz CT molecular complexity index is 636. The third kappa shape index (κ3) is 9.34. The van der Waals surface area contributed by atoms with Gasteiger partial charge in [-0.15, -0.1) is 24.0 Å². The number of piperazine rings is 1. The highest BCUT2D eigenvalue weighted by atomic mass is 127. The normalized spacial score (nSPS) is 22.5. The topological polar surface area (TPSA) is 71.5 Å². The van der Waals surface area contributed by atoms with Crippen LogP contribution in [0.4, 0.5) is 0 Å². The smallest absolute Gasteiger partial charge is 0.243 e. The minimum Gasteiger partial charge on any atom is -0.353 e. The van der Waals surface area contributed by atoms with Crippen LogP contribution < -0.4 is 5.32 Å². The zero-order chi connectivity index (χ0) is 22.3. The molecular formula is C22H41IN6O2. The van der Waals surface area contributed by atoms with Gasteiger partial charge >= 0.3 is 0 Å². The van der Waals surface area contributed by atoms with E-state index in [0.717, 1.165) is 50.8 Å². The van der Waals surface area contributed by atoms with Crippen LogP contribution in [-0.2, 0) is 9.59 Å². The summed E-state index contributed by atoms with van der Waals surface area (Å²) in [5.74, 6) is 2.11. The minimum atomic E-state index is -0.0288. The lowest BCUT2D eigenvalue weighted by atomic mass is 9.92. The summed E-state index contributed by atoms with van der Waals surface area (Å²) in [6, 6.07) is 0. The summed E-state index contributed by atoms with van der Waals surface area (Å²) < 4.78 is 0. The molecule has 0 spiro atoms. The molecule has 0 radical (unpaired) electrons. The SMILES string of the molecule is C=C(C)CNC(=NCC(=O)N(C)C)N1CCN(CC(=O)N2CC(C)CC(C)C2)CC1.I. The molecule has 178 valence electrons. The maximum absolute atomic E-state index is 12.8. The first-order valence-electron chi connectivity index (χ1n) is 11.0. The fourth-order valence-electron chi connectivity index (χ4n) is 4.06. The van der Waals surface area contributed by atoms with Crippen LogP contribution in [0, 0.1) is 11.8 Å². The van der Waals surface area contributed by atoms with Crippen LogP contribution in [0.1, 0.15) is 27.2 Å². The molecule has 0 aromatic rings. The number of hydrogen-bond donors (Lipinski definition) is 1. The number of halogens is 1. The fraction of sp³-hybridized carbons (Fsp3) is 0.773. The summed E-state index contributed by atoms with van der Waals surface area (Å²) in [6.45, 7) is 16.5. The molecule has 2 unspecified atom stereocenters. The number of rotatable bonds is 6. The van der Waals surface area contributed by atoms with Crippen molar-refractivity contribution in [3.63, 3.8) is 0 Å². The Hall–Kier alpha value is -1.36. The van der Waals surface area contributed by atoms with E-state index in [1.165, 1.54) is 6.42 Å². The van der Waals surface area contributed by atoms with Crippen LogP contribution in [0.3, 0.4) is 0 Å². The lowest BCUT2D eigenvalue weighted by Gasteiger charge is -2.39. The van der Waals surface area contributed by atoms with Crippen molar-refractivity contribution in [3.8, 4) is 0 Å². The predicted octanol–water partition coefficient (Wildman–Crippen LogP) is 1.34. The maximum atomic E-state index is 12.8. The number of hydrogen-bond acceptors (Lipinski definition) is 4. The van der Waals surface area contributed by atoms with Crippen LogP contribution in [0.15, 0.2) is 17.1 Å². The van der Waals surface area contributed by atoms with Crippen molar-refractivity contribution in [2.45, 2.75) is 27.2 Å². The molecule has 2 heterocycles. The molecule has 2 fully saturated rings. The lowest BCUT2D eigenvalue weighted by molar-refractivity contribution is -0.135. The summed E-state index contributed by atoms with van der Waals surface area (Å²) in [5, 5.41) is 3.31. The van der Waals surface area contributed by atoms with Crippen LogP contribution in [0.2, 0.25) is 0 Å². The van der Waals surface area contributed by atoms with E-state index in [4.69, 9.17) is 0 Å². The van der Waals surface area contributed by atoms with Crippen molar-refractivity contribution < 1.29 is 9.59 Å². The molecule has 2 aliphatic rings. The van der Waals surface area contributed by atoms with Gasteiger partial charge in [-0.25, -0.2) is 4.99 Å². The third-order valence-corrected chi connectivity index (χ3v) is 5.66. The van der Waals surface area contributed by atoms with Gasteiger partial charge in [-0.3, -0.25) is 14.5 Å². The van der Waals surface area contributed by atoms with Crippen LogP contribution in [0.5, 0.6) is 0 Å². The molecule has 8 nitrogen and oxygen atoms in total. The van der Waals surface area contributed by atoms with Gasteiger partial charge in [-0.2, -0.15) is 0 Å². The zero-order valence-corrected chi connectivity index (χ0v) is 22.2. The van der Waals surface area contributed by atoms with Crippen molar-refractivity contribution in [1.82, 2.24) is 24.9 Å². The van der Waals surface area contributed by atoms with Crippen molar-refractivity contribution in [1.29, 1.82) is 0 Å². The Morgan fingerprint density at radius 1 is 1.06 bits per heavy atom. The van der Waals surface area contributed by atoms with E-state index >= 15 is 0 Å². The number of likely N-dealkylation sites (N-methyl/N-ethyl adjacent to an activating group) is 1. The number of aliphatic imine (C=N–C) groups is 1. The Kier molecular flexibility index (Phi) is 11.8. The molecule has 0 saturated carbocycles. The van der Waals surface area contributed by atoms with Gasteiger partial charge in [0.1, 0.15) is 6.54 Å². The summed E-state index contributed by atoms with van der Waals surface area (Å²) in [5.41, 5.74) is 1.01. The highest BCUT2D eigenvalue weighted by Gasteiger charge is 2.28. The zero-order valence-electron chi connectivity index (χ0n) is 19.9. The molecule has 0 aromatic heterocycles. The first kappa shape index (κ1) is 27.7. The van der Waals surface area contributed by atoms with E-state index in [0.29, 0.717) is 24.9 Å². The molecule has 2 amide bonds. The summed E-state index contributed by atoms with van der Waals surface area (Å²) >= 11 is 0. The van der Waals surface area contributed by atoms with Gasteiger partial charge in [0, 0.05) is 59.9 Å². The van der Waals surface area contributed by atoms with E-state index in [1.807, 2.05) is 11.8 Å². The monoisotopic (exact) mass is 548 g/mol. The van der Waals surface area contributed by atoms with Gasteiger partial charge in [0.2, 0.25) is 11.8 Å². The molecule has 0 bridgehead atoms. The van der Waals surface area contributed by atoms with Gasteiger partial charge in [-0.1, -0.05) is 26.0 Å². The number of nitrogens with one attached hydrogen (secondary N) is 1. The molecule has 0 aromatic carbocycles. The molecular weight excluding hydrogens is 507 g/mol. The largest absolute Gasteiger partial charge is 0.353 e. The molecule has 2 saturated heterocycles. The number of piperidine rings is 1. The Morgan fingerprint density at radius 3 is 2.16 bits per heavy atom. The van der Waals surface area contributed by atoms with E-state index < -0.39 is 0 Å². The number of likely N-dealkylation sites (tertiary alicyclic amines) is 1. The Morgan fingerprint density at radius 2 is 1.65 bits per heavy atom. The second-order valence-corrected chi connectivity index (χ2v) is 9.25. The van der Waals surface area contributed by atoms with Gasteiger partial charge in [0.15, 0.2) is 5.96 Å². The number of amides is 2. The van der Waals surface area contributed by atoms with Crippen molar-refractivity contribution in [3.05, 3.63) is 12.2 Å². The quantitative estimate of drug-likeness (QED) is 0.235. The standard InChI is InChI=1S/C22H40N6O2.HI/c1-17(2)12-23-22(24-13-20(29)25(5)6)27-9-7-26(8-10-27)16-21(30)28-14-18(3)11-19(4)15-28;/h18-19H,1,7-16H2,2-6H3,(H,23,24);1H. The lowest BCUT2D eigenvalue weighted by Crippen LogP contribution is -2.55. The van der Waals surface area contributed by atoms with Crippen LogP contribution in [-0.4, -0.2) is 110 Å². The first-order chi connectivity index (χ1) is 14.2. The van der Waals surface area contributed by atoms with Crippen LogP contribution in [0.25, 0.3) is 0 Å². The molecule has 1 N–H and O–H groups in total. The maximum Gasteiger partial charge on any atom is 0.243 e. The molecule has 2 rings (SSSR count). The predicted molar refractivity (Wildman–Crippen MR) is 137 cm³/mol. The van der Waals surface area contributed by atoms with E-state index in [9.17, 15) is 9.59 Å². The highest BCUT2D eigenvalue weighted by molar-refractivity contribution is 14.0. The number of nitrogens with zero attached hydrogens (tertiary/aromatic N) is 5. The molecule has 31 heavy (non-hydrogen) atoms. The van der Waals surface area contributed by atoms with Gasteiger partial charge in [-0.05, 0) is 25.2 Å². The van der Waals surface area contributed by atoms with Gasteiger partial charge < -0.3 is 20.0 Å². The molecule has 9 heteroatoms. The second-order valence-electron chi connectivity index (χ2n) is 9.25. The third-order valence-electron chi connectivity index (χ3n) is 5.66. The Labute approximate surface area is 205 Å². The van der Waals surface area contributed by atoms with Crippen LogP contribution >= 0.6 is 24.0 Å². The van der Waals surface area contributed by atoms with E-state index in [-0.39, 0.29) is 42.3 Å². The summed E-state index contributed by atoms with van der Waals surface area (Å²) in [6.07, 6.45) is 1.21. The molecule has 2 atom stereocenters. The highest BCUT2D eigenvalue weighted by Crippen LogP contribution is 2.21. The van der Waals surface area contributed by atoms with Gasteiger partial charge in [0.25, 0.3) is 0 Å². The summed E-state index contributed by atoms with van der Waals surface area (Å²) in [4.78, 5) is 37.2.